The molecule has 0 radical (unpaired) electrons. The van der Waals surface area contributed by atoms with Crippen LogP contribution >= 0.6 is 0 Å². The number of rotatable bonds is 6. The number of carbonyl (C=O) groups excluding carboxylic acids is 1. The summed E-state index contributed by atoms with van der Waals surface area (Å²) >= 11 is 0. The standard InChI is InChI=1S/C15H26N4O2/c1-12(2)15-13(11-18(3)17-15)10-16-5-4-14(20)19-6-8-21-9-7-19/h11-12,16H,4-10H2,1-3H3. The molecule has 1 aliphatic rings. The zero-order valence-electron chi connectivity index (χ0n) is 13.3. The van der Waals surface area contributed by atoms with Crippen LogP contribution < -0.4 is 5.32 Å². The van der Waals surface area contributed by atoms with Gasteiger partial charge in [-0.05, 0) is 5.92 Å². The zero-order chi connectivity index (χ0) is 15.2. The van der Waals surface area contributed by atoms with E-state index in [1.165, 1.54) is 5.56 Å². The fraction of sp³-hybridized carbons (Fsp3) is 0.733. The van der Waals surface area contributed by atoms with Crippen molar-refractivity contribution in [3.8, 4) is 0 Å². The molecule has 2 rings (SSSR count). The number of nitrogens with one attached hydrogen (secondary N) is 1. The Kier molecular flexibility index (Phi) is 5.76. The average molecular weight is 294 g/mol. The molecule has 2 heterocycles. The van der Waals surface area contributed by atoms with Gasteiger partial charge in [-0.1, -0.05) is 13.8 Å². The smallest absolute Gasteiger partial charge is 0.224 e. The van der Waals surface area contributed by atoms with Crippen molar-refractivity contribution in [2.24, 2.45) is 7.05 Å². The summed E-state index contributed by atoms with van der Waals surface area (Å²) in [6.45, 7) is 8.51. The molecular weight excluding hydrogens is 268 g/mol. The SMILES string of the molecule is CC(C)c1nn(C)cc1CNCCC(=O)N1CCOCC1. The van der Waals surface area contributed by atoms with E-state index in [1.54, 1.807) is 0 Å². The number of hydrogen-bond acceptors (Lipinski definition) is 4. The van der Waals surface area contributed by atoms with Crippen LogP contribution in [0, 0.1) is 0 Å². The number of nitrogens with zero attached hydrogens (tertiary/aromatic N) is 3. The van der Waals surface area contributed by atoms with E-state index >= 15 is 0 Å². The van der Waals surface area contributed by atoms with Crippen LogP contribution in [0.15, 0.2) is 6.20 Å². The van der Waals surface area contributed by atoms with Crippen molar-refractivity contribution < 1.29 is 9.53 Å². The number of ether oxygens (including phenoxy) is 1. The number of hydrogen-bond donors (Lipinski definition) is 1. The van der Waals surface area contributed by atoms with Gasteiger partial charge in [-0.15, -0.1) is 0 Å². The summed E-state index contributed by atoms with van der Waals surface area (Å²) in [5.74, 6) is 0.624. The summed E-state index contributed by atoms with van der Waals surface area (Å²) in [7, 11) is 1.94. The minimum atomic E-state index is 0.209. The molecule has 0 unspecified atom stereocenters. The van der Waals surface area contributed by atoms with Crippen molar-refractivity contribution in [1.29, 1.82) is 0 Å². The zero-order valence-corrected chi connectivity index (χ0v) is 13.3. The van der Waals surface area contributed by atoms with Gasteiger partial charge in [0, 0.05) is 51.4 Å². The van der Waals surface area contributed by atoms with Gasteiger partial charge in [0.15, 0.2) is 0 Å². The molecule has 1 N–H and O–H groups in total. The molecule has 0 aliphatic carbocycles. The molecule has 1 aliphatic heterocycles. The molecule has 1 saturated heterocycles. The second-order valence-corrected chi connectivity index (χ2v) is 5.79. The Labute approximate surface area is 126 Å². The lowest BCUT2D eigenvalue weighted by atomic mass is 10.1. The summed E-state index contributed by atoms with van der Waals surface area (Å²) in [6, 6.07) is 0. The first-order chi connectivity index (χ1) is 10.1. The molecule has 1 amide bonds. The Hall–Kier alpha value is -1.40. The third kappa shape index (κ3) is 4.54. The Balaban J connectivity index is 1.73. The van der Waals surface area contributed by atoms with Crippen LogP contribution in [0.4, 0.5) is 0 Å². The third-order valence-electron chi connectivity index (χ3n) is 3.68. The Morgan fingerprint density at radius 2 is 2.14 bits per heavy atom. The van der Waals surface area contributed by atoms with Gasteiger partial charge in [0.1, 0.15) is 0 Å². The second-order valence-electron chi connectivity index (χ2n) is 5.79. The van der Waals surface area contributed by atoms with Crippen LogP contribution in [0.5, 0.6) is 0 Å². The fourth-order valence-electron chi connectivity index (χ4n) is 2.57. The number of aryl methyl sites for hydroxylation is 1. The van der Waals surface area contributed by atoms with Crippen LogP contribution in [0.25, 0.3) is 0 Å². The van der Waals surface area contributed by atoms with Gasteiger partial charge in [0.25, 0.3) is 0 Å². The van der Waals surface area contributed by atoms with E-state index < -0.39 is 0 Å². The fourth-order valence-corrected chi connectivity index (χ4v) is 2.57. The maximum Gasteiger partial charge on any atom is 0.224 e. The van der Waals surface area contributed by atoms with E-state index in [9.17, 15) is 4.79 Å². The molecule has 6 nitrogen and oxygen atoms in total. The molecule has 1 aromatic rings. The van der Waals surface area contributed by atoms with E-state index in [-0.39, 0.29) is 5.91 Å². The van der Waals surface area contributed by atoms with Gasteiger partial charge < -0.3 is 15.0 Å². The molecule has 1 aromatic heterocycles. The van der Waals surface area contributed by atoms with Gasteiger partial charge >= 0.3 is 0 Å². The third-order valence-corrected chi connectivity index (χ3v) is 3.68. The predicted molar refractivity (Wildman–Crippen MR) is 81.0 cm³/mol. The highest BCUT2D eigenvalue weighted by Crippen LogP contribution is 2.16. The van der Waals surface area contributed by atoms with E-state index in [1.807, 2.05) is 22.8 Å². The largest absolute Gasteiger partial charge is 0.378 e. The normalized spacial score (nSPS) is 15.7. The topological polar surface area (TPSA) is 59.4 Å². The molecule has 0 atom stereocenters. The first-order valence-electron chi connectivity index (χ1n) is 7.66. The molecule has 1 fully saturated rings. The monoisotopic (exact) mass is 294 g/mol. The maximum atomic E-state index is 12.0. The van der Waals surface area contributed by atoms with Crippen LogP contribution in [0.1, 0.15) is 37.4 Å². The minimum absolute atomic E-state index is 0.209. The molecule has 6 heteroatoms. The highest BCUT2D eigenvalue weighted by molar-refractivity contribution is 5.76. The van der Waals surface area contributed by atoms with Crippen molar-refractivity contribution >= 4 is 5.91 Å². The van der Waals surface area contributed by atoms with Crippen LogP contribution in [0.2, 0.25) is 0 Å². The predicted octanol–water partition coefficient (Wildman–Crippen LogP) is 0.882. The molecular formula is C15H26N4O2. The molecule has 0 bridgehead atoms. The summed E-state index contributed by atoms with van der Waals surface area (Å²) in [5, 5.41) is 7.83. The Morgan fingerprint density at radius 3 is 2.81 bits per heavy atom. The Morgan fingerprint density at radius 1 is 1.43 bits per heavy atom. The summed E-state index contributed by atoms with van der Waals surface area (Å²) in [5.41, 5.74) is 2.34. The van der Waals surface area contributed by atoms with Gasteiger partial charge in [-0.25, -0.2) is 0 Å². The number of carbonyl (C=O) groups is 1. The molecule has 118 valence electrons. The first kappa shape index (κ1) is 16.0. The minimum Gasteiger partial charge on any atom is -0.378 e. The highest BCUT2D eigenvalue weighted by Gasteiger charge is 2.16. The molecule has 0 aromatic carbocycles. The number of morpholine rings is 1. The van der Waals surface area contributed by atoms with Crippen molar-refractivity contribution in [3.63, 3.8) is 0 Å². The summed E-state index contributed by atoms with van der Waals surface area (Å²) in [4.78, 5) is 13.9. The number of aromatic nitrogens is 2. The maximum absolute atomic E-state index is 12.0. The van der Waals surface area contributed by atoms with E-state index in [0.29, 0.717) is 32.1 Å². The second kappa shape index (κ2) is 7.56. The average Bonchev–Trinajstić information content (AvgIpc) is 2.85. The number of amides is 1. The Bertz CT molecular complexity index is 464. The van der Waals surface area contributed by atoms with E-state index in [2.05, 4.69) is 24.3 Å². The summed E-state index contributed by atoms with van der Waals surface area (Å²) < 4.78 is 7.10. The molecule has 0 saturated carbocycles. The van der Waals surface area contributed by atoms with Crippen molar-refractivity contribution in [2.75, 3.05) is 32.8 Å². The van der Waals surface area contributed by atoms with Crippen LogP contribution in [-0.4, -0.2) is 53.4 Å². The summed E-state index contributed by atoms with van der Waals surface area (Å²) in [6.07, 6.45) is 2.59. The first-order valence-corrected chi connectivity index (χ1v) is 7.66. The van der Waals surface area contributed by atoms with Crippen molar-refractivity contribution in [2.45, 2.75) is 32.7 Å². The van der Waals surface area contributed by atoms with Gasteiger partial charge in [0.2, 0.25) is 5.91 Å². The quantitative estimate of drug-likeness (QED) is 0.791. The van der Waals surface area contributed by atoms with Crippen LogP contribution in [-0.2, 0) is 23.1 Å². The van der Waals surface area contributed by atoms with Crippen molar-refractivity contribution in [3.05, 3.63) is 17.5 Å². The van der Waals surface area contributed by atoms with E-state index in [4.69, 9.17) is 4.74 Å². The lowest BCUT2D eigenvalue weighted by Crippen LogP contribution is -2.41. The lowest BCUT2D eigenvalue weighted by Gasteiger charge is -2.26. The van der Waals surface area contributed by atoms with Gasteiger partial charge in [-0.2, -0.15) is 5.10 Å². The van der Waals surface area contributed by atoms with Crippen LogP contribution in [0.3, 0.4) is 0 Å². The molecule has 0 spiro atoms. The molecule has 21 heavy (non-hydrogen) atoms. The highest BCUT2D eigenvalue weighted by atomic mass is 16.5. The van der Waals surface area contributed by atoms with Crippen molar-refractivity contribution in [1.82, 2.24) is 20.0 Å². The van der Waals surface area contributed by atoms with Gasteiger partial charge in [-0.3, -0.25) is 9.48 Å². The van der Waals surface area contributed by atoms with E-state index in [0.717, 1.165) is 25.3 Å². The van der Waals surface area contributed by atoms with Gasteiger partial charge in [0.05, 0.1) is 18.9 Å². The lowest BCUT2D eigenvalue weighted by molar-refractivity contribution is -0.135.